The number of esters is 1. The predicted octanol–water partition coefficient (Wildman–Crippen LogP) is 1.72. The molecule has 0 spiro atoms. The molecule has 1 aliphatic rings. The van der Waals surface area contributed by atoms with E-state index in [1.807, 2.05) is 6.92 Å². The van der Waals surface area contributed by atoms with Crippen LogP contribution >= 0.6 is 0 Å². The molecule has 1 saturated heterocycles. The molecule has 162 valence electrons. The van der Waals surface area contributed by atoms with Gasteiger partial charge in [-0.25, -0.2) is 4.79 Å². The Morgan fingerprint density at radius 1 is 0.966 bits per heavy atom. The third-order valence-electron chi connectivity index (χ3n) is 4.31. The Morgan fingerprint density at radius 3 is 1.97 bits per heavy atom. The van der Waals surface area contributed by atoms with Crippen molar-refractivity contribution in [2.24, 2.45) is 5.41 Å². The predicted molar refractivity (Wildman–Crippen MR) is 102 cm³/mol. The second-order valence-electron chi connectivity index (χ2n) is 6.67. The van der Waals surface area contributed by atoms with E-state index in [9.17, 15) is 19.2 Å². The molecule has 0 radical (unpaired) electrons. The van der Waals surface area contributed by atoms with E-state index >= 15 is 0 Å². The van der Waals surface area contributed by atoms with Gasteiger partial charge in [0.05, 0.1) is 44.7 Å². The number of carbonyl (C=O) groups is 4. The highest BCUT2D eigenvalue weighted by molar-refractivity contribution is 6.01. The van der Waals surface area contributed by atoms with E-state index in [1.165, 1.54) is 0 Å². The van der Waals surface area contributed by atoms with Gasteiger partial charge in [-0.15, -0.1) is 18.2 Å². The highest BCUT2D eigenvalue weighted by Gasteiger charge is 2.33. The fraction of sp³-hybridized carbons (Fsp3) is 0.600. The highest BCUT2D eigenvalue weighted by Crippen LogP contribution is 2.24. The van der Waals surface area contributed by atoms with Gasteiger partial charge in [0.25, 0.3) is 11.8 Å². The van der Waals surface area contributed by atoms with Crippen LogP contribution in [0.5, 0.6) is 0 Å². The monoisotopic (exact) mass is 411 g/mol. The first-order valence-electron chi connectivity index (χ1n) is 9.47. The summed E-state index contributed by atoms with van der Waals surface area (Å²) in [4.78, 5) is 51.4. The largest absolute Gasteiger partial charge is 0.465 e. The van der Waals surface area contributed by atoms with Crippen LogP contribution in [-0.4, -0.2) is 61.9 Å². The highest BCUT2D eigenvalue weighted by atomic mass is 16.7. The molecule has 0 saturated carbocycles. The summed E-state index contributed by atoms with van der Waals surface area (Å²) in [6.07, 6.45) is 3.35. The van der Waals surface area contributed by atoms with E-state index in [2.05, 4.69) is 13.2 Å². The quantitative estimate of drug-likeness (QED) is 0.173. The topological polar surface area (TPSA) is 108 Å². The Labute approximate surface area is 170 Å². The number of hydroxylamine groups is 2. The fourth-order valence-electron chi connectivity index (χ4n) is 2.46. The van der Waals surface area contributed by atoms with Crippen LogP contribution in [0.2, 0.25) is 0 Å². The van der Waals surface area contributed by atoms with Gasteiger partial charge >= 0.3 is 11.9 Å². The molecule has 2 amide bonds. The first kappa shape index (κ1) is 24.5. The van der Waals surface area contributed by atoms with Crippen LogP contribution in [0.1, 0.15) is 39.0 Å². The lowest BCUT2D eigenvalue weighted by molar-refractivity contribution is -0.197. The molecule has 1 heterocycles. The maximum absolute atomic E-state index is 12.0. The molecule has 0 N–H and O–H groups in total. The van der Waals surface area contributed by atoms with Gasteiger partial charge in [0.2, 0.25) is 0 Å². The minimum absolute atomic E-state index is 0.00903. The number of nitrogens with zero attached hydrogens (tertiary/aromatic N) is 1. The van der Waals surface area contributed by atoms with Crippen molar-refractivity contribution in [1.82, 2.24) is 5.06 Å². The third-order valence-corrected chi connectivity index (χ3v) is 4.31. The molecule has 1 rings (SSSR count). The van der Waals surface area contributed by atoms with Gasteiger partial charge in [0.1, 0.15) is 6.61 Å². The maximum Gasteiger partial charge on any atom is 0.333 e. The molecule has 0 aromatic rings. The van der Waals surface area contributed by atoms with Crippen LogP contribution in [0.4, 0.5) is 0 Å². The van der Waals surface area contributed by atoms with E-state index in [1.54, 1.807) is 12.2 Å². The van der Waals surface area contributed by atoms with Crippen LogP contribution in [0.3, 0.4) is 0 Å². The van der Waals surface area contributed by atoms with Crippen molar-refractivity contribution in [3.05, 3.63) is 25.3 Å². The van der Waals surface area contributed by atoms with Crippen LogP contribution < -0.4 is 0 Å². The van der Waals surface area contributed by atoms with Gasteiger partial charge < -0.3 is 19.0 Å². The molecular weight excluding hydrogens is 382 g/mol. The van der Waals surface area contributed by atoms with Crippen LogP contribution in [-0.2, 0) is 38.2 Å². The van der Waals surface area contributed by atoms with E-state index in [0.717, 1.165) is 0 Å². The first-order chi connectivity index (χ1) is 13.9. The van der Waals surface area contributed by atoms with Crippen molar-refractivity contribution in [1.29, 1.82) is 0 Å². The average molecular weight is 411 g/mol. The van der Waals surface area contributed by atoms with E-state index in [4.69, 9.17) is 19.0 Å². The summed E-state index contributed by atoms with van der Waals surface area (Å²) in [6.45, 7) is 10.5. The second kappa shape index (κ2) is 12.8. The normalized spacial score (nSPS) is 14.0. The number of amides is 2. The molecule has 29 heavy (non-hydrogen) atoms. The zero-order chi connectivity index (χ0) is 21.7. The Balaban J connectivity index is 2.48. The Bertz CT molecular complexity index is 586. The van der Waals surface area contributed by atoms with Crippen molar-refractivity contribution in [2.45, 2.75) is 39.0 Å². The van der Waals surface area contributed by atoms with Crippen molar-refractivity contribution >= 4 is 23.8 Å². The van der Waals surface area contributed by atoms with Crippen LogP contribution in [0, 0.1) is 5.41 Å². The molecule has 0 unspecified atom stereocenters. The molecule has 1 aliphatic heterocycles. The molecule has 9 nitrogen and oxygen atoms in total. The summed E-state index contributed by atoms with van der Waals surface area (Å²) in [5.74, 6) is -2.60. The third kappa shape index (κ3) is 8.57. The Kier molecular flexibility index (Phi) is 10.9. The summed E-state index contributed by atoms with van der Waals surface area (Å²) in [6, 6.07) is 0. The van der Waals surface area contributed by atoms with Gasteiger partial charge in [-0.3, -0.25) is 14.4 Å². The molecular formula is C20H29NO8. The molecule has 0 aromatic carbocycles. The Hall–Kier alpha value is -2.52. The summed E-state index contributed by atoms with van der Waals surface area (Å²) in [5, 5.41) is 0.448. The SMILES string of the molecule is C=CCOCC(CC)(COCC=C)COC(=O)CCC(=O)ON1C(=O)CCC1=O. The summed E-state index contributed by atoms with van der Waals surface area (Å²) in [5.41, 5.74) is -0.545. The number of ether oxygens (including phenoxy) is 3. The lowest BCUT2D eigenvalue weighted by Gasteiger charge is -2.31. The van der Waals surface area contributed by atoms with Crippen molar-refractivity contribution in [3.8, 4) is 0 Å². The minimum Gasteiger partial charge on any atom is -0.465 e. The standard InChI is InChI=1S/C20H29NO8/c1-4-11-26-13-20(6-3,14-27-12-5-2)15-28-18(24)9-10-19(25)29-21-16(22)7-8-17(21)23/h4-5H,1-2,6-15H2,3H3. The molecule has 0 aliphatic carbocycles. The fourth-order valence-corrected chi connectivity index (χ4v) is 2.46. The van der Waals surface area contributed by atoms with Gasteiger partial charge in [-0.05, 0) is 6.42 Å². The molecule has 0 aromatic heterocycles. The van der Waals surface area contributed by atoms with Gasteiger partial charge in [-0.1, -0.05) is 19.1 Å². The van der Waals surface area contributed by atoms with Crippen molar-refractivity contribution in [3.63, 3.8) is 0 Å². The second-order valence-corrected chi connectivity index (χ2v) is 6.67. The van der Waals surface area contributed by atoms with Crippen LogP contribution in [0.15, 0.2) is 25.3 Å². The Morgan fingerprint density at radius 2 is 1.48 bits per heavy atom. The number of rotatable bonds is 15. The summed E-state index contributed by atoms with van der Waals surface area (Å²) in [7, 11) is 0. The van der Waals surface area contributed by atoms with Crippen LogP contribution in [0.25, 0.3) is 0 Å². The summed E-state index contributed by atoms with van der Waals surface area (Å²) < 4.78 is 16.4. The molecule has 0 atom stereocenters. The van der Waals surface area contributed by atoms with Crippen molar-refractivity contribution < 1.29 is 38.2 Å². The zero-order valence-corrected chi connectivity index (χ0v) is 16.9. The first-order valence-corrected chi connectivity index (χ1v) is 9.47. The van der Waals surface area contributed by atoms with E-state index < -0.39 is 29.2 Å². The number of hydrogen-bond donors (Lipinski definition) is 0. The number of imide groups is 1. The molecule has 1 fully saturated rings. The van der Waals surface area contributed by atoms with Gasteiger partial charge in [-0.2, -0.15) is 0 Å². The van der Waals surface area contributed by atoms with Gasteiger partial charge in [0, 0.05) is 12.8 Å². The van der Waals surface area contributed by atoms with Crippen molar-refractivity contribution in [2.75, 3.05) is 33.0 Å². The minimum atomic E-state index is -0.851. The lowest BCUT2D eigenvalue weighted by Crippen LogP contribution is -2.38. The number of hydrogen-bond acceptors (Lipinski definition) is 8. The maximum atomic E-state index is 12.0. The van der Waals surface area contributed by atoms with E-state index in [0.29, 0.717) is 37.9 Å². The summed E-state index contributed by atoms with van der Waals surface area (Å²) >= 11 is 0. The molecule has 0 bridgehead atoms. The molecule has 9 heteroatoms. The number of carbonyl (C=O) groups excluding carboxylic acids is 4. The lowest BCUT2D eigenvalue weighted by atomic mass is 9.88. The van der Waals surface area contributed by atoms with Gasteiger partial charge in [0.15, 0.2) is 0 Å². The van der Waals surface area contributed by atoms with E-state index in [-0.39, 0.29) is 32.3 Å². The zero-order valence-electron chi connectivity index (χ0n) is 16.9. The smallest absolute Gasteiger partial charge is 0.333 e. The average Bonchev–Trinajstić information content (AvgIpc) is 3.02.